The van der Waals surface area contributed by atoms with Gasteiger partial charge in [0.15, 0.2) is 0 Å². The number of nitrogens with zero attached hydrogens (tertiary/aromatic N) is 1. The van der Waals surface area contributed by atoms with Crippen LogP contribution in [0.3, 0.4) is 0 Å². The van der Waals surface area contributed by atoms with Crippen molar-refractivity contribution in [2.24, 2.45) is 5.92 Å². The largest absolute Gasteiger partial charge is 0.396 e. The van der Waals surface area contributed by atoms with Crippen LogP contribution < -0.4 is 0 Å². The first kappa shape index (κ1) is 10.4. The van der Waals surface area contributed by atoms with Crippen LogP contribution in [0.15, 0.2) is 0 Å². The lowest BCUT2D eigenvalue weighted by atomic mass is 9.98. The molecule has 2 fully saturated rings. The Kier molecular flexibility index (Phi) is 3.79. The highest BCUT2D eigenvalue weighted by Crippen LogP contribution is 2.19. The number of hydrogen-bond acceptors (Lipinski definition) is 3. The van der Waals surface area contributed by atoms with E-state index in [9.17, 15) is 0 Å². The van der Waals surface area contributed by atoms with Crippen molar-refractivity contribution in [2.45, 2.75) is 31.8 Å². The lowest BCUT2D eigenvalue weighted by Crippen LogP contribution is -2.40. The molecule has 3 nitrogen and oxygen atoms in total. The van der Waals surface area contributed by atoms with Crippen LogP contribution in [0.25, 0.3) is 0 Å². The van der Waals surface area contributed by atoms with Gasteiger partial charge in [-0.1, -0.05) is 0 Å². The van der Waals surface area contributed by atoms with Gasteiger partial charge in [-0.05, 0) is 38.1 Å². The summed E-state index contributed by atoms with van der Waals surface area (Å²) in [6, 6.07) is 0. The SMILES string of the molecule is OC[C@@H]1CCCN(C[C@@H]2CCCO2)C1. The fourth-order valence-electron chi connectivity index (χ4n) is 2.54. The second kappa shape index (κ2) is 5.10. The van der Waals surface area contributed by atoms with E-state index in [1.54, 1.807) is 0 Å². The van der Waals surface area contributed by atoms with Crippen molar-refractivity contribution >= 4 is 0 Å². The summed E-state index contributed by atoms with van der Waals surface area (Å²) in [7, 11) is 0. The molecule has 82 valence electrons. The Morgan fingerprint density at radius 3 is 2.93 bits per heavy atom. The fourth-order valence-corrected chi connectivity index (χ4v) is 2.54. The van der Waals surface area contributed by atoms with Crippen LogP contribution in [-0.2, 0) is 4.74 Å². The van der Waals surface area contributed by atoms with E-state index in [2.05, 4.69) is 4.90 Å². The quantitative estimate of drug-likeness (QED) is 0.732. The smallest absolute Gasteiger partial charge is 0.0702 e. The van der Waals surface area contributed by atoms with Crippen LogP contribution in [0.1, 0.15) is 25.7 Å². The lowest BCUT2D eigenvalue weighted by Gasteiger charge is -2.33. The molecule has 1 N–H and O–H groups in total. The van der Waals surface area contributed by atoms with Crippen LogP contribution in [0.2, 0.25) is 0 Å². The maximum Gasteiger partial charge on any atom is 0.0702 e. The molecule has 0 spiro atoms. The van der Waals surface area contributed by atoms with E-state index in [1.807, 2.05) is 0 Å². The third kappa shape index (κ3) is 2.69. The summed E-state index contributed by atoms with van der Waals surface area (Å²) in [4.78, 5) is 2.46. The minimum absolute atomic E-state index is 0.349. The zero-order chi connectivity index (χ0) is 9.80. The molecular formula is C11H21NO2. The Morgan fingerprint density at radius 2 is 2.21 bits per heavy atom. The maximum atomic E-state index is 9.11. The van der Waals surface area contributed by atoms with Crippen molar-refractivity contribution in [3.8, 4) is 0 Å². The molecule has 0 bridgehead atoms. The summed E-state index contributed by atoms with van der Waals surface area (Å²) in [6.07, 6.45) is 5.34. The number of piperidine rings is 1. The molecule has 2 aliphatic rings. The molecule has 0 aromatic heterocycles. The Hall–Kier alpha value is -0.120. The molecular weight excluding hydrogens is 178 g/mol. The summed E-state index contributed by atoms with van der Waals surface area (Å²) >= 11 is 0. The number of ether oxygens (including phenoxy) is 1. The highest BCUT2D eigenvalue weighted by atomic mass is 16.5. The minimum Gasteiger partial charge on any atom is -0.396 e. The number of aliphatic hydroxyl groups is 1. The first-order valence-electron chi connectivity index (χ1n) is 5.83. The summed E-state index contributed by atoms with van der Waals surface area (Å²) in [5.41, 5.74) is 0. The van der Waals surface area contributed by atoms with Gasteiger partial charge >= 0.3 is 0 Å². The van der Waals surface area contributed by atoms with E-state index in [1.165, 1.54) is 32.2 Å². The van der Waals surface area contributed by atoms with Crippen LogP contribution in [0, 0.1) is 5.92 Å². The molecule has 2 heterocycles. The maximum absolute atomic E-state index is 9.11. The van der Waals surface area contributed by atoms with Gasteiger partial charge in [0.1, 0.15) is 0 Å². The molecule has 0 aliphatic carbocycles. The Balaban J connectivity index is 1.73. The van der Waals surface area contributed by atoms with Crippen molar-refractivity contribution in [3.63, 3.8) is 0 Å². The third-order valence-electron chi connectivity index (χ3n) is 3.35. The van der Waals surface area contributed by atoms with Gasteiger partial charge in [-0.2, -0.15) is 0 Å². The molecule has 2 rings (SSSR count). The zero-order valence-corrected chi connectivity index (χ0v) is 8.82. The third-order valence-corrected chi connectivity index (χ3v) is 3.35. The highest BCUT2D eigenvalue weighted by Gasteiger charge is 2.23. The molecule has 2 atom stereocenters. The second-order valence-corrected chi connectivity index (χ2v) is 4.59. The molecule has 0 aromatic rings. The molecule has 2 aliphatic heterocycles. The first-order valence-corrected chi connectivity index (χ1v) is 5.83. The highest BCUT2D eigenvalue weighted by molar-refractivity contribution is 4.76. The van der Waals surface area contributed by atoms with Gasteiger partial charge in [0, 0.05) is 26.3 Å². The molecule has 0 aromatic carbocycles. The normalized spacial score (nSPS) is 34.9. The van der Waals surface area contributed by atoms with Crippen molar-refractivity contribution in [1.82, 2.24) is 4.90 Å². The van der Waals surface area contributed by atoms with Crippen molar-refractivity contribution in [2.75, 3.05) is 32.8 Å². The molecule has 0 saturated carbocycles. The summed E-state index contributed by atoms with van der Waals surface area (Å²) in [5, 5.41) is 9.11. The van der Waals surface area contributed by atoms with E-state index in [0.29, 0.717) is 18.6 Å². The van der Waals surface area contributed by atoms with E-state index in [-0.39, 0.29) is 0 Å². The first-order chi connectivity index (χ1) is 6.88. The minimum atomic E-state index is 0.349. The average molecular weight is 199 g/mol. The van der Waals surface area contributed by atoms with Crippen molar-refractivity contribution < 1.29 is 9.84 Å². The number of rotatable bonds is 3. The Bertz CT molecular complexity index is 169. The number of aliphatic hydroxyl groups excluding tert-OH is 1. The summed E-state index contributed by atoms with van der Waals surface area (Å²) in [5.74, 6) is 0.505. The standard InChI is InChI=1S/C11H21NO2/c13-9-10-3-1-5-12(7-10)8-11-4-2-6-14-11/h10-11,13H,1-9H2/t10-,11+/m1/s1. The average Bonchev–Trinajstić information content (AvgIpc) is 2.71. The van der Waals surface area contributed by atoms with Crippen LogP contribution in [0.4, 0.5) is 0 Å². The van der Waals surface area contributed by atoms with E-state index in [0.717, 1.165) is 19.7 Å². The second-order valence-electron chi connectivity index (χ2n) is 4.59. The van der Waals surface area contributed by atoms with Crippen LogP contribution in [0.5, 0.6) is 0 Å². The Morgan fingerprint density at radius 1 is 1.29 bits per heavy atom. The van der Waals surface area contributed by atoms with Gasteiger partial charge in [0.2, 0.25) is 0 Å². The van der Waals surface area contributed by atoms with Gasteiger partial charge in [-0.3, -0.25) is 0 Å². The van der Waals surface area contributed by atoms with Gasteiger partial charge in [-0.25, -0.2) is 0 Å². The van der Waals surface area contributed by atoms with Gasteiger partial charge in [-0.15, -0.1) is 0 Å². The van der Waals surface area contributed by atoms with Crippen molar-refractivity contribution in [3.05, 3.63) is 0 Å². The predicted octanol–water partition coefficient (Wildman–Crippen LogP) is 0.870. The fraction of sp³-hybridized carbons (Fsp3) is 1.00. The zero-order valence-electron chi connectivity index (χ0n) is 8.82. The summed E-state index contributed by atoms with van der Waals surface area (Å²) < 4.78 is 5.62. The lowest BCUT2D eigenvalue weighted by molar-refractivity contribution is 0.0474. The molecule has 3 heteroatoms. The van der Waals surface area contributed by atoms with Crippen LogP contribution in [-0.4, -0.2) is 49.0 Å². The number of hydrogen-bond donors (Lipinski definition) is 1. The molecule has 2 saturated heterocycles. The Labute approximate surface area is 86.0 Å². The molecule has 14 heavy (non-hydrogen) atoms. The van der Waals surface area contributed by atoms with Crippen molar-refractivity contribution in [1.29, 1.82) is 0 Å². The van der Waals surface area contributed by atoms with E-state index >= 15 is 0 Å². The monoisotopic (exact) mass is 199 g/mol. The number of likely N-dealkylation sites (tertiary alicyclic amines) is 1. The van der Waals surface area contributed by atoms with Gasteiger partial charge in [0.05, 0.1) is 6.10 Å². The van der Waals surface area contributed by atoms with E-state index in [4.69, 9.17) is 9.84 Å². The van der Waals surface area contributed by atoms with Crippen LogP contribution >= 0.6 is 0 Å². The topological polar surface area (TPSA) is 32.7 Å². The molecule has 0 amide bonds. The van der Waals surface area contributed by atoms with Gasteiger partial charge < -0.3 is 14.7 Å². The summed E-state index contributed by atoms with van der Waals surface area (Å²) in [6.45, 7) is 4.63. The molecule has 0 radical (unpaired) electrons. The van der Waals surface area contributed by atoms with Gasteiger partial charge in [0.25, 0.3) is 0 Å². The molecule has 0 unspecified atom stereocenters. The predicted molar refractivity (Wildman–Crippen MR) is 55.2 cm³/mol. The van der Waals surface area contributed by atoms with E-state index < -0.39 is 0 Å².